The monoisotopic (exact) mass is 515 g/mol. The normalized spacial score (nSPS) is 15.4. The Morgan fingerprint density at radius 2 is 1.59 bits per heavy atom. The number of carbonyl (C=O) groups is 1. The van der Waals surface area contributed by atoms with Gasteiger partial charge < -0.3 is 4.90 Å². The third-order valence-electron chi connectivity index (χ3n) is 5.72. The number of piperazine rings is 1. The summed E-state index contributed by atoms with van der Waals surface area (Å²) < 4.78 is 28.7. The number of carbonyl (C=O) groups excluding carboxylic acids is 1. The summed E-state index contributed by atoms with van der Waals surface area (Å²) in [4.78, 5) is 16.8. The molecule has 1 fully saturated rings. The minimum atomic E-state index is -3.59. The average molecular weight is 516 g/mol. The highest BCUT2D eigenvalue weighted by atomic mass is 79.9. The number of halogens is 1. The topological polar surface area (TPSA) is 60.9 Å². The van der Waals surface area contributed by atoms with Crippen LogP contribution < -0.4 is 0 Å². The zero-order valence-electron chi connectivity index (χ0n) is 17.9. The molecule has 1 aliphatic heterocycles. The lowest BCUT2D eigenvalue weighted by atomic mass is 10.1. The fourth-order valence-electron chi connectivity index (χ4n) is 3.94. The third-order valence-corrected chi connectivity index (χ3v) is 8.14. The second-order valence-corrected chi connectivity index (χ2v) is 10.9. The van der Waals surface area contributed by atoms with Crippen LogP contribution in [0.4, 0.5) is 0 Å². The molecule has 1 amide bonds. The molecule has 32 heavy (non-hydrogen) atoms. The summed E-state index contributed by atoms with van der Waals surface area (Å²) in [5.74, 6) is 0.0207. The highest BCUT2D eigenvalue weighted by Crippen LogP contribution is 2.23. The van der Waals surface area contributed by atoms with Crippen LogP contribution in [0.15, 0.2) is 76.1 Å². The van der Waals surface area contributed by atoms with Gasteiger partial charge in [0.25, 0.3) is 0 Å². The molecule has 1 aliphatic rings. The smallest absolute Gasteiger partial charge is 0.243 e. The highest BCUT2D eigenvalue weighted by Gasteiger charge is 2.30. The van der Waals surface area contributed by atoms with Gasteiger partial charge in [0.2, 0.25) is 15.9 Å². The predicted molar refractivity (Wildman–Crippen MR) is 130 cm³/mol. The van der Waals surface area contributed by atoms with Crippen LogP contribution in [0.25, 0.3) is 10.8 Å². The van der Waals surface area contributed by atoms with E-state index in [9.17, 15) is 13.2 Å². The van der Waals surface area contributed by atoms with Gasteiger partial charge in [0.1, 0.15) is 0 Å². The molecule has 8 heteroatoms. The number of fused-ring (bicyclic) bond motifs is 1. The molecule has 0 aromatic heterocycles. The zero-order chi connectivity index (χ0) is 22.7. The lowest BCUT2D eigenvalue weighted by Crippen LogP contribution is -2.52. The van der Waals surface area contributed by atoms with Gasteiger partial charge >= 0.3 is 0 Å². The minimum Gasteiger partial charge on any atom is -0.339 e. The molecule has 0 aliphatic carbocycles. The summed E-state index contributed by atoms with van der Waals surface area (Å²) >= 11 is 3.43. The molecular formula is C24H26BrN3O3S. The summed E-state index contributed by atoms with van der Waals surface area (Å²) in [6.07, 6.45) is 0. The largest absolute Gasteiger partial charge is 0.339 e. The summed E-state index contributed by atoms with van der Waals surface area (Å²) in [7, 11) is -1.67. The number of likely N-dealkylation sites (N-methyl/N-ethyl adjacent to an activating group) is 1. The fourth-order valence-corrected chi connectivity index (χ4v) is 5.67. The van der Waals surface area contributed by atoms with E-state index in [2.05, 4.69) is 15.9 Å². The van der Waals surface area contributed by atoms with Crippen molar-refractivity contribution in [3.8, 4) is 0 Å². The van der Waals surface area contributed by atoms with Gasteiger partial charge in [-0.1, -0.05) is 58.4 Å². The Morgan fingerprint density at radius 1 is 0.938 bits per heavy atom. The summed E-state index contributed by atoms with van der Waals surface area (Å²) in [5, 5.41) is 1.91. The van der Waals surface area contributed by atoms with Gasteiger partial charge in [-0.25, -0.2) is 8.42 Å². The maximum Gasteiger partial charge on any atom is 0.243 e. The number of nitrogens with zero attached hydrogens (tertiary/aromatic N) is 3. The lowest BCUT2D eigenvalue weighted by molar-refractivity contribution is -0.133. The Labute approximate surface area is 197 Å². The Balaban J connectivity index is 1.34. The Kier molecular flexibility index (Phi) is 6.95. The van der Waals surface area contributed by atoms with Crippen LogP contribution in [-0.4, -0.2) is 68.2 Å². The molecule has 4 rings (SSSR count). The molecule has 6 nitrogen and oxygen atoms in total. The Bertz CT molecular complexity index is 1210. The Hall–Kier alpha value is -2.26. The number of amides is 1. The van der Waals surface area contributed by atoms with Crippen LogP contribution in [0, 0.1) is 0 Å². The molecule has 168 valence electrons. The molecular weight excluding hydrogens is 490 g/mol. The molecule has 0 saturated carbocycles. The molecule has 3 aromatic rings. The van der Waals surface area contributed by atoms with Crippen molar-refractivity contribution in [1.82, 2.24) is 14.1 Å². The first-order valence-electron chi connectivity index (χ1n) is 10.5. The van der Waals surface area contributed by atoms with Crippen molar-refractivity contribution in [1.29, 1.82) is 0 Å². The van der Waals surface area contributed by atoms with Gasteiger partial charge in [-0.3, -0.25) is 9.69 Å². The van der Waals surface area contributed by atoms with Crippen LogP contribution in [0.2, 0.25) is 0 Å². The van der Waals surface area contributed by atoms with E-state index in [-0.39, 0.29) is 5.91 Å². The maximum atomic E-state index is 13.1. The molecule has 0 spiro atoms. The number of benzene rings is 3. The molecule has 0 radical (unpaired) electrons. The molecule has 0 N–H and O–H groups in total. The first-order chi connectivity index (χ1) is 15.3. The zero-order valence-corrected chi connectivity index (χ0v) is 20.3. The first-order valence-corrected chi connectivity index (χ1v) is 12.8. The van der Waals surface area contributed by atoms with E-state index in [1.165, 1.54) is 4.31 Å². The number of sulfonamides is 1. The highest BCUT2D eigenvalue weighted by molar-refractivity contribution is 9.10. The molecule has 1 heterocycles. The molecule has 0 unspecified atom stereocenters. The van der Waals surface area contributed by atoms with Crippen molar-refractivity contribution < 1.29 is 13.2 Å². The van der Waals surface area contributed by atoms with E-state index in [1.54, 1.807) is 17.0 Å². The van der Waals surface area contributed by atoms with Gasteiger partial charge in [0.05, 0.1) is 11.4 Å². The van der Waals surface area contributed by atoms with Crippen LogP contribution in [-0.2, 0) is 21.4 Å². The maximum absolute atomic E-state index is 13.1. The van der Waals surface area contributed by atoms with Crippen molar-refractivity contribution in [2.24, 2.45) is 0 Å². The molecule has 1 saturated heterocycles. The SMILES string of the molecule is CN(CC(=O)N1CCN(S(=O)(=O)c2ccc3ccccc3c2)CC1)Cc1ccc(Br)cc1. The van der Waals surface area contributed by atoms with Crippen LogP contribution in [0.1, 0.15) is 5.56 Å². The van der Waals surface area contributed by atoms with E-state index in [0.29, 0.717) is 44.2 Å². The second-order valence-electron chi connectivity index (χ2n) is 8.09. The van der Waals surface area contributed by atoms with E-state index < -0.39 is 10.0 Å². The number of rotatable bonds is 6. The first kappa shape index (κ1) is 22.9. The standard InChI is InChI=1S/C24H26BrN3O3S/c1-26(17-19-6-9-22(25)10-7-19)18-24(29)27-12-14-28(15-13-27)32(30,31)23-11-8-20-4-2-3-5-21(20)16-23/h2-11,16H,12-15,17-18H2,1H3. The third kappa shape index (κ3) is 5.20. The number of hydrogen-bond donors (Lipinski definition) is 0. The van der Waals surface area contributed by atoms with Crippen molar-refractivity contribution in [2.75, 3.05) is 39.8 Å². The van der Waals surface area contributed by atoms with Crippen molar-refractivity contribution >= 4 is 42.6 Å². The predicted octanol–water partition coefficient (Wildman–Crippen LogP) is 3.57. The van der Waals surface area contributed by atoms with Crippen LogP contribution in [0.3, 0.4) is 0 Å². The lowest BCUT2D eigenvalue weighted by Gasteiger charge is -2.34. The van der Waals surface area contributed by atoms with Crippen LogP contribution >= 0.6 is 15.9 Å². The van der Waals surface area contributed by atoms with Gasteiger partial charge in [-0.05, 0) is 47.6 Å². The molecule has 0 bridgehead atoms. The van der Waals surface area contributed by atoms with E-state index >= 15 is 0 Å². The van der Waals surface area contributed by atoms with Crippen molar-refractivity contribution in [2.45, 2.75) is 11.4 Å². The second kappa shape index (κ2) is 9.70. The fraction of sp³-hybridized carbons (Fsp3) is 0.292. The van der Waals surface area contributed by atoms with Gasteiger partial charge in [0.15, 0.2) is 0 Å². The summed E-state index contributed by atoms with van der Waals surface area (Å²) in [5.41, 5.74) is 1.13. The molecule has 0 atom stereocenters. The van der Waals surface area contributed by atoms with Gasteiger partial charge in [0, 0.05) is 37.2 Å². The Morgan fingerprint density at radius 3 is 2.28 bits per heavy atom. The summed E-state index contributed by atoms with van der Waals surface area (Å²) in [6.45, 7) is 2.38. The van der Waals surface area contributed by atoms with Crippen molar-refractivity contribution in [3.63, 3.8) is 0 Å². The van der Waals surface area contributed by atoms with Crippen molar-refractivity contribution in [3.05, 3.63) is 76.8 Å². The number of hydrogen-bond acceptors (Lipinski definition) is 4. The minimum absolute atomic E-state index is 0.0207. The van der Waals surface area contributed by atoms with Crippen LogP contribution in [0.5, 0.6) is 0 Å². The van der Waals surface area contributed by atoms with E-state index in [0.717, 1.165) is 20.8 Å². The molecule has 3 aromatic carbocycles. The van der Waals surface area contributed by atoms with Gasteiger partial charge in [-0.2, -0.15) is 4.31 Å². The summed E-state index contributed by atoms with van der Waals surface area (Å²) in [6, 6.07) is 21.0. The average Bonchev–Trinajstić information content (AvgIpc) is 2.80. The van der Waals surface area contributed by atoms with E-state index in [1.807, 2.05) is 66.5 Å². The quantitative estimate of drug-likeness (QED) is 0.503. The van der Waals surface area contributed by atoms with Gasteiger partial charge in [-0.15, -0.1) is 0 Å². The van der Waals surface area contributed by atoms with E-state index in [4.69, 9.17) is 0 Å².